The van der Waals surface area contributed by atoms with E-state index in [4.69, 9.17) is 4.74 Å². The Balaban J connectivity index is 1.56. The van der Waals surface area contributed by atoms with Crippen molar-refractivity contribution >= 4 is 11.6 Å². The number of piperazine rings is 1. The maximum atomic E-state index is 13.0. The lowest BCUT2D eigenvalue weighted by atomic mass is 10.2. The molecule has 1 heterocycles. The number of aryl methyl sites for hydroxylation is 1. The van der Waals surface area contributed by atoms with E-state index < -0.39 is 6.10 Å². The number of carbonyl (C=O) groups excluding carboxylic acids is 1. The monoisotopic (exact) mass is 342 g/mol. The Hall–Kier alpha value is -2.56. The van der Waals surface area contributed by atoms with Gasteiger partial charge in [0.2, 0.25) is 0 Å². The van der Waals surface area contributed by atoms with Crippen LogP contribution in [-0.4, -0.2) is 43.1 Å². The van der Waals surface area contributed by atoms with Crippen molar-refractivity contribution in [2.75, 3.05) is 31.1 Å². The van der Waals surface area contributed by atoms with E-state index in [1.54, 1.807) is 19.1 Å². The molecule has 0 N–H and O–H groups in total. The van der Waals surface area contributed by atoms with Gasteiger partial charge in [0, 0.05) is 31.9 Å². The first kappa shape index (κ1) is 17.3. The van der Waals surface area contributed by atoms with Gasteiger partial charge in [0.1, 0.15) is 11.6 Å². The van der Waals surface area contributed by atoms with Crippen molar-refractivity contribution in [2.45, 2.75) is 20.0 Å². The van der Waals surface area contributed by atoms with Crippen molar-refractivity contribution < 1.29 is 13.9 Å². The maximum Gasteiger partial charge on any atom is 0.263 e. The number of halogens is 1. The van der Waals surface area contributed by atoms with Crippen molar-refractivity contribution in [3.63, 3.8) is 0 Å². The molecule has 0 aliphatic carbocycles. The van der Waals surface area contributed by atoms with Crippen molar-refractivity contribution in [3.8, 4) is 5.75 Å². The topological polar surface area (TPSA) is 32.8 Å². The standard InChI is InChI=1S/C20H23FN2O2/c1-15-5-3-4-6-19(15)25-16(2)20(24)23-13-11-22(12-14-23)18-9-7-17(21)8-10-18/h3-10,16H,11-14H2,1-2H3/t16-/m0/s1. The van der Waals surface area contributed by atoms with Crippen molar-refractivity contribution in [1.82, 2.24) is 4.90 Å². The second kappa shape index (κ2) is 7.55. The van der Waals surface area contributed by atoms with E-state index >= 15 is 0 Å². The third-order valence-electron chi connectivity index (χ3n) is 4.53. The lowest BCUT2D eigenvalue weighted by molar-refractivity contribution is -0.138. The zero-order chi connectivity index (χ0) is 17.8. The van der Waals surface area contributed by atoms with Gasteiger partial charge in [-0.2, -0.15) is 0 Å². The second-order valence-corrected chi connectivity index (χ2v) is 6.31. The molecule has 25 heavy (non-hydrogen) atoms. The molecule has 132 valence electrons. The molecule has 2 aromatic carbocycles. The number of carbonyl (C=O) groups is 1. The fraction of sp³-hybridized carbons (Fsp3) is 0.350. The summed E-state index contributed by atoms with van der Waals surface area (Å²) in [7, 11) is 0. The number of hydrogen-bond acceptors (Lipinski definition) is 3. The third-order valence-corrected chi connectivity index (χ3v) is 4.53. The molecule has 0 bridgehead atoms. The number of para-hydroxylation sites is 1. The number of ether oxygens (including phenoxy) is 1. The quantitative estimate of drug-likeness (QED) is 0.855. The Morgan fingerprint density at radius 1 is 1.04 bits per heavy atom. The smallest absolute Gasteiger partial charge is 0.263 e. The molecule has 1 amide bonds. The van der Waals surface area contributed by atoms with Gasteiger partial charge >= 0.3 is 0 Å². The molecule has 3 rings (SSSR count). The summed E-state index contributed by atoms with van der Waals surface area (Å²) < 4.78 is 18.9. The molecule has 1 atom stereocenters. The van der Waals surface area contributed by atoms with Crippen molar-refractivity contribution in [2.24, 2.45) is 0 Å². The zero-order valence-corrected chi connectivity index (χ0v) is 14.6. The molecule has 0 aromatic heterocycles. The molecular weight excluding hydrogens is 319 g/mol. The molecule has 1 aliphatic rings. The number of hydrogen-bond donors (Lipinski definition) is 0. The van der Waals surface area contributed by atoms with Crippen LogP contribution in [0.25, 0.3) is 0 Å². The molecule has 2 aromatic rings. The van der Waals surface area contributed by atoms with Crippen molar-refractivity contribution in [1.29, 1.82) is 0 Å². The summed E-state index contributed by atoms with van der Waals surface area (Å²) in [5.41, 5.74) is 2.00. The first-order valence-electron chi connectivity index (χ1n) is 8.56. The average Bonchev–Trinajstić information content (AvgIpc) is 2.64. The van der Waals surface area contributed by atoms with Gasteiger partial charge < -0.3 is 14.5 Å². The largest absolute Gasteiger partial charge is 0.481 e. The molecular formula is C20H23FN2O2. The fourth-order valence-electron chi connectivity index (χ4n) is 3.02. The van der Waals surface area contributed by atoms with E-state index in [-0.39, 0.29) is 11.7 Å². The van der Waals surface area contributed by atoms with E-state index in [1.165, 1.54) is 12.1 Å². The molecule has 1 saturated heterocycles. The van der Waals surface area contributed by atoms with E-state index in [1.807, 2.05) is 36.1 Å². The highest BCUT2D eigenvalue weighted by Gasteiger charge is 2.26. The van der Waals surface area contributed by atoms with E-state index in [2.05, 4.69) is 4.90 Å². The van der Waals surface area contributed by atoms with Crippen LogP contribution >= 0.6 is 0 Å². The zero-order valence-electron chi connectivity index (χ0n) is 14.6. The van der Waals surface area contributed by atoms with Crippen LogP contribution in [0.5, 0.6) is 5.75 Å². The highest BCUT2D eigenvalue weighted by atomic mass is 19.1. The number of anilines is 1. The SMILES string of the molecule is Cc1ccccc1O[C@@H](C)C(=O)N1CCN(c2ccc(F)cc2)CC1. The van der Waals surface area contributed by atoms with Gasteiger partial charge in [0.25, 0.3) is 5.91 Å². The molecule has 4 nitrogen and oxygen atoms in total. The number of rotatable bonds is 4. The van der Waals surface area contributed by atoms with Crippen LogP contribution in [0.4, 0.5) is 10.1 Å². The number of benzene rings is 2. The van der Waals surface area contributed by atoms with Gasteiger partial charge in [-0.15, -0.1) is 0 Å². The molecule has 0 saturated carbocycles. The maximum absolute atomic E-state index is 13.0. The fourth-order valence-corrected chi connectivity index (χ4v) is 3.02. The Kier molecular flexibility index (Phi) is 5.22. The van der Waals surface area contributed by atoms with Crippen LogP contribution < -0.4 is 9.64 Å². The van der Waals surface area contributed by atoms with E-state index in [0.29, 0.717) is 13.1 Å². The van der Waals surface area contributed by atoms with E-state index in [9.17, 15) is 9.18 Å². The molecule has 1 aliphatic heterocycles. The minimum Gasteiger partial charge on any atom is -0.481 e. The lowest BCUT2D eigenvalue weighted by Crippen LogP contribution is -2.52. The summed E-state index contributed by atoms with van der Waals surface area (Å²) in [6, 6.07) is 14.2. The Morgan fingerprint density at radius 2 is 1.68 bits per heavy atom. The lowest BCUT2D eigenvalue weighted by Gasteiger charge is -2.37. The second-order valence-electron chi connectivity index (χ2n) is 6.31. The predicted molar refractivity (Wildman–Crippen MR) is 96.5 cm³/mol. The Morgan fingerprint density at radius 3 is 2.32 bits per heavy atom. The third kappa shape index (κ3) is 4.10. The van der Waals surface area contributed by atoms with Gasteiger partial charge in [-0.25, -0.2) is 4.39 Å². The number of amides is 1. The summed E-state index contributed by atoms with van der Waals surface area (Å²) >= 11 is 0. The first-order valence-corrected chi connectivity index (χ1v) is 8.56. The van der Waals surface area contributed by atoms with Gasteiger partial charge in [-0.05, 0) is 49.7 Å². The number of nitrogens with zero attached hydrogens (tertiary/aromatic N) is 2. The Labute approximate surface area is 147 Å². The summed E-state index contributed by atoms with van der Waals surface area (Å²) in [5.74, 6) is 0.509. The molecule has 0 radical (unpaired) electrons. The van der Waals surface area contributed by atoms with Crippen LogP contribution in [-0.2, 0) is 4.79 Å². The summed E-state index contributed by atoms with van der Waals surface area (Å²) in [4.78, 5) is 16.6. The average molecular weight is 342 g/mol. The summed E-state index contributed by atoms with van der Waals surface area (Å²) in [6.45, 7) is 6.49. The highest BCUT2D eigenvalue weighted by molar-refractivity contribution is 5.81. The van der Waals surface area contributed by atoms with Gasteiger partial charge in [-0.3, -0.25) is 4.79 Å². The summed E-state index contributed by atoms with van der Waals surface area (Å²) in [6.07, 6.45) is -0.515. The van der Waals surface area contributed by atoms with E-state index in [0.717, 1.165) is 30.1 Å². The van der Waals surface area contributed by atoms with Gasteiger partial charge in [0.15, 0.2) is 6.10 Å². The van der Waals surface area contributed by atoms with Crippen LogP contribution in [0.1, 0.15) is 12.5 Å². The summed E-state index contributed by atoms with van der Waals surface area (Å²) in [5, 5.41) is 0. The molecule has 1 fully saturated rings. The van der Waals surface area contributed by atoms with Gasteiger partial charge in [0.05, 0.1) is 0 Å². The molecule has 5 heteroatoms. The van der Waals surface area contributed by atoms with Crippen LogP contribution in [0.3, 0.4) is 0 Å². The van der Waals surface area contributed by atoms with Gasteiger partial charge in [-0.1, -0.05) is 18.2 Å². The van der Waals surface area contributed by atoms with Crippen molar-refractivity contribution in [3.05, 3.63) is 59.9 Å². The van der Waals surface area contributed by atoms with Crippen LogP contribution in [0, 0.1) is 12.7 Å². The van der Waals surface area contributed by atoms with Crippen LogP contribution in [0.2, 0.25) is 0 Å². The highest BCUT2D eigenvalue weighted by Crippen LogP contribution is 2.20. The minimum atomic E-state index is -0.515. The molecule has 0 unspecified atom stereocenters. The Bertz CT molecular complexity index is 725. The first-order chi connectivity index (χ1) is 12.0. The molecule has 0 spiro atoms. The minimum absolute atomic E-state index is 0.00186. The van der Waals surface area contributed by atoms with Crippen LogP contribution in [0.15, 0.2) is 48.5 Å². The normalized spacial score (nSPS) is 15.8. The predicted octanol–water partition coefficient (Wildman–Crippen LogP) is 3.25.